The van der Waals surface area contributed by atoms with Crippen molar-refractivity contribution >= 4 is 11.9 Å². The summed E-state index contributed by atoms with van der Waals surface area (Å²) in [5.41, 5.74) is 0.173. The summed E-state index contributed by atoms with van der Waals surface area (Å²) in [5, 5.41) is 8.20. The fourth-order valence-corrected chi connectivity index (χ4v) is 0.523. The average molecular weight is 200 g/mol. The molecule has 0 aromatic carbocycles. The summed E-state index contributed by atoms with van der Waals surface area (Å²) >= 11 is 0. The van der Waals surface area contributed by atoms with Crippen molar-refractivity contribution in [2.75, 3.05) is 6.61 Å². The summed E-state index contributed by atoms with van der Waals surface area (Å²) in [6.07, 6.45) is 2.43. The molecule has 0 rings (SSSR count). The lowest BCUT2D eigenvalue weighted by Gasteiger charge is -2.00. The molecular weight excluding hydrogens is 188 g/mol. The number of hydrogen-bond acceptors (Lipinski definition) is 5. The molecule has 0 aromatic rings. The largest absolute Gasteiger partial charge is 0.515 e. The third-order valence-corrected chi connectivity index (χ3v) is 1.15. The maximum atomic E-state index is 11.0. The van der Waals surface area contributed by atoms with Gasteiger partial charge in [-0.05, 0) is 13.8 Å². The number of carbonyl (C=O) groups is 2. The minimum Gasteiger partial charge on any atom is -0.515 e. The van der Waals surface area contributed by atoms with Crippen LogP contribution in [0.25, 0.3) is 0 Å². The monoisotopic (exact) mass is 200 g/mol. The Balaban J connectivity index is 4.14. The second-order valence-electron chi connectivity index (χ2n) is 2.28. The van der Waals surface area contributed by atoms with Gasteiger partial charge in [-0.2, -0.15) is 0 Å². The van der Waals surface area contributed by atoms with Crippen LogP contribution in [0, 0.1) is 0 Å². The van der Waals surface area contributed by atoms with E-state index >= 15 is 0 Å². The highest BCUT2D eigenvalue weighted by Gasteiger charge is 2.09. The van der Waals surface area contributed by atoms with Crippen LogP contribution >= 0.6 is 0 Å². The van der Waals surface area contributed by atoms with E-state index < -0.39 is 11.9 Å². The Labute approximate surface area is 81.6 Å². The minimum atomic E-state index is -0.929. The van der Waals surface area contributed by atoms with E-state index in [2.05, 4.69) is 4.74 Å². The fourth-order valence-electron chi connectivity index (χ4n) is 0.523. The molecule has 0 aromatic heterocycles. The predicted molar refractivity (Wildman–Crippen MR) is 48.3 cm³/mol. The highest BCUT2D eigenvalue weighted by Crippen LogP contribution is 1.98. The second kappa shape index (κ2) is 6.71. The molecule has 0 fully saturated rings. The Hall–Kier alpha value is -1.78. The van der Waals surface area contributed by atoms with Crippen LogP contribution < -0.4 is 0 Å². The number of aliphatic hydroxyl groups excluding tert-OH is 1. The summed E-state index contributed by atoms with van der Waals surface area (Å²) in [6.45, 7) is 3.64. The standard InChI is InChI=1S/C9H12O5/c1-3-13-6-7(2)9(12)14-8(11)4-5-10/h4-6,10H,3H2,1-2H3. The van der Waals surface area contributed by atoms with Gasteiger partial charge in [0, 0.05) is 0 Å². The topological polar surface area (TPSA) is 72.8 Å². The predicted octanol–water partition coefficient (Wildman–Crippen LogP) is 1.07. The van der Waals surface area contributed by atoms with Crippen LogP contribution in [-0.2, 0) is 19.1 Å². The molecule has 0 spiro atoms. The maximum absolute atomic E-state index is 11.0. The van der Waals surface area contributed by atoms with E-state index in [9.17, 15) is 9.59 Å². The van der Waals surface area contributed by atoms with E-state index in [4.69, 9.17) is 9.84 Å². The van der Waals surface area contributed by atoms with Crippen molar-refractivity contribution in [3.8, 4) is 0 Å². The van der Waals surface area contributed by atoms with Gasteiger partial charge in [-0.1, -0.05) is 0 Å². The Kier molecular flexibility index (Phi) is 5.85. The highest BCUT2D eigenvalue weighted by atomic mass is 16.6. The minimum absolute atomic E-state index is 0.173. The molecule has 0 aliphatic heterocycles. The van der Waals surface area contributed by atoms with Gasteiger partial charge in [-0.3, -0.25) is 0 Å². The number of rotatable bonds is 4. The van der Waals surface area contributed by atoms with Crippen LogP contribution in [0.5, 0.6) is 0 Å². The van der Waals surface area contributed by atoms with Crippen molar-refractivity contribution in [1.29, 1.82) is 0 Å². The number of ether oxygens (including phenoxy) is 2. The molecule has 0 unspecified atom stereocenters. The molecule has 1 N–H and O–H groups in total. The highest BCUT2D eigenvalue weighted by molar-refractivity contribution is 5.98. The lowest BCUT2D eigenvalue weighted by atomic mass is 10.3. The summed E-state index contributed by atoms with van der Waals surface area (Å²) in [6, 6.07) is 0. The van der Waals surface area contributed by atoms with E-state index in [-0.39, 0.29) is 5.57 Å². The zero-order chi connectivity index (χ0) is 11.0. The lowest BCUT2D eigenvalue weighted by Crippen LogP contribution is -2.11. The van der Waals surface area contributed by atoms with Crippen LogP contribution in [-0.4, -0.2) is 23.7 Å². The number of esters is 2. The first kappa shape index (κ1) is 12.2. The van der Waals surface area contributed by atoms with Crippen molar-refractivity contribution in [2.45, 2.75) is 13.8 Å². The van der Waals surface area contributed by atoms with Crippen molar-refractivity contribution in [3.05, 3.63) is 24.2 Å². The molecule has 14 heavy (non-hydrogen) atoms. The van der Waals surface area contributed by atoms with Gasteiger partial charge in [0.2, 0.25) is 0 Å². The van der Waals surface area contributed by atoms with Crippen LogP contribution in [0.4, 0.5) is 0 Å². The van der Waals surface area contributed by atoms with Gasteiger partial charge in [0.05, 0.1) is 30.8 Å². The Bertz CT molecular complexity index is 264. The summed E-state index contributed by atoms with van der Waals surface area (Å²) < 4.78 is 9.09. The van der Waals surface area contributed by atoms with Gasteiger partial charge >= 0.3 is 11.9 Å². The van der Waals surface area contributed by atoms with Crippen molar-refractivity contribution < 1.29 is 24.2 Å². The molecule has 0 amide bonds. The van der Waals surface area contributed by atoms with Gasteiger partial charge in [0.15, 0.2) is 0 Å². The second-order valence-corrected chi connectivity index (χ2v) is 2.28. The first-order valence-corrected chi connectivity index (χ1v) is 3.97. The maximum Gasteiger partial charge on any atom is 0.344 e. The molecule has 0 saturated heterocycles. The molecule has 5 nitrogen and oxygen atoms in total. The molecule has 0 atom stereocenters. The number of carbonyl (C=O) groups excluding carboxylic acids is 2. The Morgan fingerprint density at radius 1 is 1.43 bits per heavy atom. The van der Waals surface area contributed by atoms with E-state index in [0.717, 1.165) is 6.08 Å². The SMILES string of the molecule is CCOC=C(C)C(=O)OC(=O)C=CO. The third-order valence-electron chi connectivity index (χ3n) is 1.15. The number of hydrogen-bond donors (Lipinski definition) is 1. The summed E-state index contributed by atoms with van der Waals surface area (Å²) in [7, 11) is 0. The zero-order valence-electron chi connectivity index (χ0n) is 8.02. The van der Waals surface area contributed by atoms with E-state index in [1.165, 1.54) is 13.2 Å². The van der Waals surface area contributed by atoms with Gasteiger partial charge < -0.3 is 14.6 Å². The van der Waals surface area contributed by atoms with Gasteiger partial charge in [-0.15, -0.1) is 0 Å². The van der Waals surface area contributed by atoms with Crippen molar-refractivity contribution in [1.82, 2.24) is 0 Å². The van der Waals surface area contributed by atoms with E-state index in [0.29, 0.717) is 12.9 Å². The summed E-state index contributed by atoms with van der Waals surface area (Å²) in [5.74, 6) is -1.73. The molecule has 78 valence electrons. The fraction of sp³-hybridized carbons (Fsp3) is 0.333. The molecule has 5 heteroatoms. The lowest BCUT2D eigenvalue weighted by molar-refractivity contribution is -0.153. The van der Waals surface area contributed by atoms with Gasteiger partial charge in [0.1, 0.15) is 0 Å². The first-order chi connectivity index (χ1) is 6.61. The zero-order valence-corrected chi connectivity index (χ0v) is 8.02. The van der Waals surface area contributed by atoms with Crippen molar-refractivity contribution in [2.24, 2.45) is 0 Å². The van der Waals surface area contributed by atoms with Crippen LogP contribution in [0.2, 0.25) is 0 Å². The van der Waals surface area contributed by atoms with Crippen LogP contribution in [0.1, 0.15) is 13.8 Å². The smallest absolute Gasteiger partial charge is 0.344 e. The van der Waals surface area contributed by atoms with Crippen LogP contribution in [0.15, 0.2) is 24.2 Å². The third kappa shape index (κ3) is 4.97. The molecule has 0 heterocycles. The average Bonchev–Trinajstić information content (AvgIpc) is 2.14. The van der Waals surface area contributed by atoms with Crippen LogP contribution in [0.3, 0.4) is 0 Å². The summed E-state index contributed by atoms with van der Waals surface area (Å²) in [4.78, 5) is 21.7. The quantitative estimate of drug-likeness (QED) is 0.318. The Morgan fingerprint density at radius 2 is 2.07 bits per heavy atom. The van der Waals surface area contributed by atoms with E-state index in [1.54, 1.807) is 6.92 Å². The molecular formula is C9H12O5. The van der Waals surface area contributed by atoms with Gasteiger partial charge in [-0.25, -0.2) is 9.59 Å². The Morgan fingerprint density at radius 3 is 2.57 bits per heavy atom. The normalized spacial score (nSPS) is 11.4. The van der Waals surface area contributed by atoms with E-state index in [1.807, 2.05) is 0 Å². The molecule has 0 radical (unpaired) electrons. The molecule has 0 aliphatic carbocycles. The van der Waals surface area contributed by atoms with Gasteiger partial charge in [0.25, 0.3) is 0 Å². The van der Waals surface area contributed by atoms with Crippen molar-refractivity contribution in [3.63, 3.8) is 0 Å². The molecule has 0 bridgehead atoms. The number of aliphatic hydroxyl groups is 1. The first-order valence-electron chi connectivity index (χ1n) is 3.97. The molecule has 0 aliphatic rings. The molecule has 0 saturated carbocycles.